The Kier molecular flexibility index (Phi) is 5.35. The number of nitrogens with zero attached hydrogens (tertiary/aromatic N) is 1. The molecule has 1 saturated heterocycles. The van der Waals surface area contributed by atoms with Crippen molar-refractivity contribution in [1.82, 2.24) is 10.2 Å². The summed E-state index contributed by atoms with van der Waals surface area (Å²) in [6, 6.07) is 13.8. The van der Waals surface area contributed by atoms with Gasteiger partial charge >= 0.3 is 0 Å². The van der Waals surface area contributed by atoms with Gasteiger partial charge < -0.3 is 20.9 Å². The average Bonchev–Trinajstić information content (AvgIpc) is 2.74. The highest BCUT2D eigenvalue weighted by molar-refractivity contribution is 5.71. The minimum Gasteiger partial charge on any atom is -0.388 e. The van der Waals surface area contributed by atoms with Crippen LogP contribution < -0.4 is 26.4 Å². The molecule has 0 amide bonds. The molecule has 2 aromatic carbocycles. The van der Waals surface area contributed by atoms with Crippen LogP contribution in [0.25, 0.3) is 23.4 Å². The summed E-state index contributed by atoms with van der Waals surface area (Å²) in [6.45, 7) is 6.69. The van der Waals surface area contributed by atoms with E-state index in [9.17, 15) is 0 Å². The summed E-state index contributed by atoms with van der Waals surface area (Å²) in [5.74, 6) is 0. The standard InChI is InChI=1S/C23H30N4/c1-3-27-12-9-21(10-13-27)26-23-15-19(14-18-8-11-25-16-22(18)23)17-4-6-20(24-2)7-5-17/h4-8,14-16,21,24-26H,3,9-13H2,1-2H3. The zero-order valence-electron chi connectivity index (χ0n) is 16.4. The SMILES string of the molecule is CCN1CCC(Nc2cc(-c3ccc(NC)cc3)cc3c2=CNCC=3)CC1. The number of benzene rings is 2. The van der Waals surface area contributed by atoms with E-state index in [4.69, 9.17) is 0 Å². The molecule has 0 saturated carbocycles. The summed E-state index contributed by atoms with van der Waals surface area (Å²) in [7, 11) is 1.96. The third kappa shape index (κ3) is 3.96. The van der Waals surface area contributed by atoms with Crippen LogP contribution in [0, 0.1) is 0 Å². The molecule has 142 valence electrons. The van der Waals surface area contributed by atoms with Gasteiger partial charge in [0.05, 0.1) is 0 Å². The molecule has 4 nitrogen and oxygen atoms in total. The molecule has 0 atom stereocenters. The number of hydrogen-bond acceptors (Lipinski definition) is 4. The zero-order valence-corrected chi connectivity index (χ0v) is 16.4. The van der Waals surface area contributed by atoms with Gasteiger partial charge in [-0.15, -0.1) is 0 Å². The second kappa shape index (κ2) is 8.05. The largest absolute Gasteiger partial charge is 0.388 e. The van der Waals surface area contributed by atoms with E-state index in [1.54, 1.807) is 0 Å². The van der Waals surface area contributed by atoms with Gasteiger partial charge in [-0.1, -0.05) is 25.1 Å². The van der Waals surface area contributed by atoms with E-state index in [2.05, 4.69) is 76.4 Å². The highest BCUT2D eigenvalue weighted by Gasteiger charge is 2.18. The summed E-state index contributed by atoms with van der Waals surface area (Å²) in [5.41, 5.74) is 4.92. The molecule has 2 aliphatic rings. The number of fused-ring (bicyclic) bond motifs is 1. The van der Waals surface area contributed by atoms with Gasteiger partial charge in [-0.25, -0.2) is 0 Å². The van der Waals surface area contributed by atoms with E-state index >= 15 is 0 Å². The molecular formula is C23H30N4. The van der Waals surface area contributed by atoms with Crippen LogP contribution in [0.15, 0.2) is 36.4 Å². The Balaban J connectivity index is 1.66. The number of anilines is 2. The van der Waals surface area contributed by atoms with Crippen molar-refractivity contribution in [3.05, 3.63) is 46.8 Å². The Morgan fingerprint density at radius 1 is 1.07 bits per heavy atom. The van der Waals surface area contributed by atoms with Gasteiger partial charge in [0.1, 0.15) is 0 Å². The fourth-order valence-electron chi connectivity index (χ4n) is 4.06. The number of rotatable bonds is 5. The van der Waals surface area contributed by atoms with Crippen LogP contribution in [-0.4, -0.2) is 44.2 Å². The minimum atomic E-state index is 0.550. The first-order valence-corrected chi connectivity index (χ1v) is 10.1. The van der Waals surface area contributed by atoms with Crippen molar-refractivity contribution < 1.29 is 0 Å². The first-order valence-electron chi connectivity index (χ1n) is 10.1. The van der Waals surface area contributed by atoms with Gasteiger partial charge in [-0.05, 0) is 60.0 Å². The third-order valence-corrected chi connectivity index (χ3v) is 5.80. The first-order chi connectivity index (χ1) is 13.3. The Labute approximate surface area is 162 Å². The summed E-state index contributed by atoms with van der Waals surface area (Å²) in [6.07, 6.45) is 6.86. The molecule has 1 fully saturated rings. The normalized spacial score (nSPS) is 17.3. The lowest BCUT2D eigenvalue weighted by molar-refractivity contribution is 0.229. The van der Waals surface area contributed by atoms with Gasteiger partial charge in [0.15, 0.2) is 0 Å². The summed E-state index contributed by atoms with van der Waals surface area (Å²) >= 11 is 0. The van der Waals surface area contributed by atoms with Crippen LogP contribution >= 0.6 is 0 Å². The number of nitrogens with one attached hydrogen (secondary N) is 3. The molecule has 2 aromatic rings. The minimum absolute atomic E-state index is 0.550. The molecule has 0 aliphatic carbocycles. The highest BCUT2D eigenvalue weighted by Crippen LogP contribution is 2.23. The second-order valence-electron chi connectivity index (χ2n) is 7.46. The quantitative estimate of drug-likeness (QED) is 0.764. The third-order valence-electron chi connectivity index (χ3n) is 5.80. The highest BCUT2D eigenvalue weighted by atomic mass is 15.1. The van der Waals surface area contributed by atoms with Crippen LogP contribution in [0.3, 0.4) is 0 Å². The lowest BCUT2D eigenvalue weighted by atomic mass is 9.99. The summed E-state index contributed by atoms with van der Waals surface area (Å²) in [4.78, 5) is 2.54. The maximum absolute atomic E-state index is 3.86. The van der Waals surface area contributed by atoms with Crippen LogP contribution in [-0.2, 0) is 0 Å². The Bertz CT molecular complexity index is 893. The Morgan fingerprint density at radius 3 is 2.56 bits per heavy atom. The van der Waals surface area contributed by atoms with E-state index in [0.29, 0.717) is 6.04 Å². The molecule has 27 heavy (non-hydrogen) atoms. The maximum atomic E-state index is 3.86. The Morgan fingerprint density at radius 2 is 1.85 bits per heavy atom. The fraction of sp³-hybridized carbons (Fsp3) is 0.391. The summed E-state index contributed by atoms with van der Waals surface area (Å²) in [5, 5.41) is 13.0. The molecule has 4 heteroatoms. The van der Waals surface area contributed by atoms with Crippen LogP contribution in [0.4, 0.5) is 11.4 Å². The van der Waals surface area contributed by atoms with Gasteiger partial charge in [-0.2, -0.15) is 0 Å². The number of hydrogen-bond donors (Lipinski definition) is 3. The van der Waals surface area contributed by atoms with Crippen molar-refractivity contribution in [1.29, 1.82) is 0 Å². The zero-order chi connectivity index (χ0) is 18.6. The van der Waals surface area contributed by atoms with Crippen molar-refractivity contribution in [2.45, 2.75) is 25.8 Å². The molecular weight excluding hydrogens is 332 g/mol. The predicted molar refractivity (Wildman–Crippen MR) is 116 cm³/mol. The van der Waals surface area contributed by atoms with Crippen LogP contribution in [0.2, 0.25) is 0 Å². The van der Waals surface area contributed by atoms with Crippen molar-refractivity contribution in [2.24, 2.45) is 0 Å². The maximum Gasteiger partial charge on any atom is 0.0442 e. The lowest BCUT2D eigenvalue weighted by Gasteiger charge is -2.32. The van der Waals surface area contributed by atoms with Gasteiger partial charge in [0, 0.05) is 55.5 Å². The lowest BCUT2D eigenvalue weighted by Crippen LogP contribution is -2.41. The van der Waals surface area contributed by atoms with Gasteiger partial charge in [0.25, 0.3) is 0 Å². The van der Waals surface area contributed by atoms with E-state index in [-0.39, 0.29) is 0 Å². The molecule has 0 bridgehead atoms. The van der Waals surface area contributed by atoms with Crippen molar-refractivity contribution >= 4 is 23.7 Å². The topological polar surface area (TPSA) is 39.3 Å². The van der Waals surface area contributed by atoms with Gasteiger partial charge in [-0.3, -0.25) is 0 Å². The molecule has 4 rings (SSSR count). The number of likely N-dealkylation sites (tertiary alicyclic amines) is 1. The van der Waals surface area contributed by atoms with E-state index < -0.39 is 0 Å². The first kappa shape index (κ1) is 17.9. The molecule has 0 aromatic heterocycles. The van der Waals surface area contributed by atoms with E-state index in [1.807, 2.05) is 7.05 Å². The summed E-state index contributed by atoms with van der Waals surface area (Å²) < 4.78 is 0. The van der Waals surface area contributed by atoms with Gasteiger partial charge in [0.2, 0.25) is 0 Å². The van der Waals surface area contributed by atoms with E-state index in [0.717, 1.165) is 18.8 Å². The average molecular weight is 363 g/mol. The monoisotopic (exact) mass is 362 g/mol. The fourth-order valence-corrected chi connectivity index (χ4v) is 4.06. The van der Waals surface area contributed by atoms with Crippen molar-refractivity contribution in [3.63, 3.8) is 0 Å². The second-order valence-corrected chi connectivity index (χ2v) is 7.46. The predicted octanol–water partition coefficient (Wildman–Crippen LogP) is 2.41. The molecule has 0 spiro atoms. The molecule has 3 N–H and O–H groups in total. The van der Waals surface area contributed by atoms with Crippen molar-refractivity contribution in [2.75, 3.05) is 43.9 Å². The Hall–Kier alpha value is -2.46. The molecule has 2 heterocycles. The van der Waals surface area contributed by atoms with Crippen molar-refractivity contribution in [3.8, 4) is 11.1 Å². The van der Waals surface area contributed by atoms with Crippen LogP contribution in [0.1, 0.15) is 19.8 Å². The van der Waals surface area contributed by atoms with Crippen LogP contribution in [0.5, 0.6) is 0 Å². The molecule has 2 aliphatic heterocycles. The van der Waals surface area contributed by atoms with E-state index in [1.165, 1.54) is 53.2 Å². The molecule has 0 unspecified atom stereocenters. The number of piperidine rings is 1. The molecule has 0 radical (unpaired) electrons. The smallest absolute Gasteiger partial charge is 0.0442 e.